The summed E-state index contributed by atoms with van der Waals surface area (Å²) in [4.78, 5) is 24.2. The molecule has 0 saturated carbocycles. The Labute approximate surface area is 123 Å². The lowest BCUT2D eigenvalue weighted by Gasteiger charge is -2.11. The Balaban J connectivity index is 2.96. The number of rotatable bonds is 3. The van der Waals surface area contributed by atoms with Gasteiger partial charge in [0.25, 0.3) is 0 Å². The summed E-state index contributed by atoms with van der Waals surface area (Å²) < 4.78 is 11.7. The van der Waals surface area contributed by atoms with Crippen LogP contribution in [0.3, 0.4) is 0 Å². The van der Waals surface area contributed by atoms with E-state index in [0.717, 1.165) is 0 Å². The van der Waals surface area contributed by atoms with E-state index in [2.05, 4.69) is 0 Å². The van der Waals surface area contributed by atoms with E-state index in [-0.39, 0.29) is 11.8 Å². The number of ether oxygens (including phenoxy) is 2. The lowest BCUT2D eigenvalue weighted by Crippen LogP contribution is -2.14. The van der Waals surface area contributed by atoms with E-state index in [1.165, 1.54) is 14.0 Å². The van der Waals surface area contributed by atoms with Gasteiger partial charge in [-0.3, -0.25) is 9.36 Å². The van der Waals surface area contributed by atoms with Crippen molar-refractivity contribution in [2.75, 3.05) is 14.2 Å². The van der Waals surface area contributed by atoms with Gasteiger partial charge in [-0.25, -0.2) is 4.79 Å². The van der Waals surface area contributed by atoms with Crippen LogP contribution in [-0.2, 0) is 4.74 Å². The molecule has 2 aromatic rings. The Morgan fingerprint density at radius 3 is 2.33 bits per heavy atom. The highest BCUT2D eigenvalue weighted by Gasteiger charge is 2.26. The monoisotopic (exact) mass is 289 g/mol. The summed E-state index contributed by atoms with van der Waals surface area (Å²) in [6.45, 7) is 5.37. The van der Waals surface area contributed by atoms with Gasteiger partial charge in [0.2, 0.25) is 5.91 Å². The molecule has 0 spiro atoms. The second kappa shape index (κ2) is 5.60. The Kier molecular flexibility index (Phi) is 4.02. The lowest BCUT2D eigenvalue weighted by molar-refractivity contribution is 0.0601. The van der Waals surface area contributed by atoms with Crippen molar-refractivity contribution in [2.45, 2.75) is 26.7 Å². The molecule has 0 amide bonds. The fraction of sp³-hybridized carbons (Fsp3) is 0.375. The van der Waals surface area contributed by atoms with Gasteiger partial charge in [-0.15, -0.1) is 0 Å². The second-order valence-electron chi connectivity index (χ2n) is 5.14. The van der Waals surface area contributed by atoms with Gasteiger partial charge >= 0.3 is 5.97 Å². The van der Waals surface area contributed by atoms with Crippen LogP contribution in [0.4, 0.5) is 0 Å². The van der Waals surface area contributed by atoms with Crippen molar-refractivity contribution in [1.29, 1.82) is 0 Å². The van der Waals surface area contributed by atoms with E-state index < -0.39 is 5.97 Å². The summed E-state index contributed by atoms with van der Waals surface area (Å²) >= 11 is 0. The summed E-state index contributed by atoms with van der Waals surface area (Å²) in [7, 11) is 2.90. The first-order chi connectivity index (χ1) is 9.92. The first kappa shape index (κ1) is 15.1. The number of nitrogens with zero attached hydrogens (tertiary/aromatic N) is 1. The molecule has 21 heavy (non-hydrogen) atoms. The summed E-state index contributed by atoms with van der Waals surface area (Å²) in [5.41, 5.74) is 1.78. The number of benzene rings is 1. The molecule has 0 aliphatic carbocycles. The summed E-state index contributed by atoms with van der Waals surface area (Å²) in [6, 6.07) is 5.31. The van der Waals surface area contributed by atoms with E-state index in [9.17, 15) is 9.59 Å². The minimum atomic E-state index is -0.447. The average molecular weight is 289 g/mol. The van der Waals surface area contributed by atoms with Crippen molar-refractivity contribution in [3.63, 3.8) is 0 Å². The Morgan fingerprint density at radius 2 is 1.86 bits per heavy atom. The number of aromatic nitrogens is 1. The number of carbonyl (C=O) groups is 2. The van der Waals surface area contributed by atoms with Crippen molar-refractivity contribution < 1.29 is 19.1 Å². The van der Waals surface area contributed by atoms with Gasteiger partial charge in [0, 0.05) is 18.0 Å². The van der Waals surface area contributed by atoms with Crippen LogP contribution in [0.2, 0.25) is 0 Å². The van der Waals surface area contributed by atoms with E-state index in [0.29, 0.717) is 27.9 Å². The molecular formula is C16H19NO4. The van der Waals surface area contributed by atoms with Crippen molar-refractivity contribution in [1.82, 2.24) is 4.57 Å². The zero-order chi connectivity index (χ0) is 15.7. The first-order valence-corrected chi connectivity index (χ1v) is 6.74. The Morgan fingerprint density at radius 1 is 1.19 bits per heavy atom. The highest BCUT2D eigenvalue weighted by Crippen LogP contribution is 2.34. The third-order valence-corrected chi connectivity index (χ3v) is 3.46. The van der Waals surface area contributed by atoms with Crippen LogP contribution in [0.25, 0.3) is 10.9 Å². The normalized spacial score (nSPS) is 11.0. The summed E-state index contributed by atoms with van der Waals surface area (Å²) in [6.07, 6.45) is 0. The molecule has 2 rings (SSSR count). The predicted octanol–water partition coefficient (Wildman–Crippen LogP) is 3.22. The number of hydrogen-bond donors (Lipinski definition) is 0. The predicted molar refractivity (Wildman–Crippen MR) is 80.2 cm³/mol. The molecule has 1 aromatic carbocycles. The molecule has 1 aromatic heterocycles. The first-order valence-electron chi connectivity index (χ1n) is 6.74. The fourth-order valence-corrected chi connectivity index (χ4v) is 2.62. The smallest absolute Gasteiger partial charge is 0.340 e. The van der Waals surface area contributed by atoms with Gasteiger partial charge < -0.3 is 9.47 Å². The van der Waals surface area contributed by atoms with Gasteiger partial charge in [0.05, 0.1) is 25.3 Å². The molecule has 0 fully saturated rings. The number of fused-ring (bicyclic) bond motifs is 1. The number of carbonyl (C=O) groups excluding carboxylic acids is 2. The number of methoxy groups -OCH3 is 2. The van der Waals surface area contributed by atoms with Gasteiger partial charge in [-0.1, -0.05) is 13.8 Å². The van der Waals surface area contributed by atoms with E-state index >= 15 is 0 Å². The number of hydrogen-bond acceptors (Lipinski definition) is 4. The van der Waals surface area contributed by atoms with Crippen LogP contribution in [0, 0.1) is 0 Å². The van der Waals surface area contributed by atoms with Gasteiger partial charge in [-0.2, -0.15) is 0 Å². The third-order valence-electron chi connectivity index (χ3n) is 3.46. The SMILES string of the molecule is COC(=O)c1c(C(C)C)n(C(C)=O)c2ccc(OC)cc12. The maximum Gasteiger partial charge on any atom is 0.340 e. The lowest BCUT2D eigenvalue weighted by atomic mass is 10.0. The van der Waals surface area contributed by atoms with Crippen LogP contribution in [0.1, 0.15) is 47.5 Å². The third kappa shape index (κ3) is 2.39. The molecule has 5 heteroatoms. The van der Waals surface area contributed by atoms with E-state index in [1.807, 2.05) is 13.8 Å². The topological polar surface area (TPSA) is 57.5 Å². The molecule has 0 N–H and O–H groups in total. The van der Waals surface area contributed by atoms with Gasteiger partial charge in [0.15, 0.2) is 0 Å². The fourth-order valence-electron chi connectivity index (χ4n) is 2.62. The van der Waals surface area contributed by atoms with Crippen LogP contribution in [0.5, 0.6) is 5.75 Å². The minimum Gasteiger partial charge on any atom is -0.497 e. The van der Waals surface area contributed by atoms with Crippen LogP contribution in [-0.4, -0.2) is 30.7 Å². The number of esters is 1. The second-order valence-corrected chi connectivity index (χ2v) is 5.14. The quantitative estimate of drug-likeness (QED) is 0.814. The molecule has 0 bridgehead atoms. The molecule has 112 valence electrons. The molecule has 0 atom stereocenters. The van der Waals surface area contributed by atoms with Crippen LogP contribution >= 0.6 is 0 Å². The van der Waals surface area contributed by atoms with E-state index in [1.54, 1.807) is 29.9 Å². The van der Waals surface area contributed by atoms with Crippen molar-refractivity contribution in [3.8, 4) is 5.75 Å². The largest absolute Gasteiger partial charge is 0.497 e. The highest BCUT2D eigenvalue weighted by molar-refractivity contribution is 6.09. The van der Waals surface area contributed by atoms with Gasteiger partial charge in [-0.05, 0) is 24.1 Å². The zero-order valence-corrected chi connectivity index (χ0v) is 12.9. The molecular weight excluding hydrogens is 270 g/mol. The van der Waals surface area contributed by atoms with Crippen LogP contribution < -0.4 is 4.74 Å². The molecule has 5 nitrogen and oxygen atoms in total. The zero-order valence-electron chi connectivity index (χ0n) is 12.9. The van der Waals surface area contributed by atoms with Gasteiger partial charge in [0.1, 0.15) is 5.75 Å². The molecule has 0 aliphatic heterocycles. The molecule has 1 heterocycles. The van der Waals surface area contributed by atoms with Crippen LogP contribution in [0.15, 0.2) is 18.2 Å². The summed E-state index contributed by atoms with van der Waals surface area (Å²) in [5.74, 6) is 0.0472. The molecule has 0 saturated heterocycles. The van der Waals surface area contributed by atoms with Crippen molar-refractivity contribution in [2.24, 2.45) is 0 Å². The average Bonchev–Trinajstić information content (AvgIpc) is 2.80. The molecule has 0 unspecified atom stereocenters. The molecule has 0 radical (unpaired) electrons. The molecule has 0 aliphatic rings. The maximum absolute atomic E-state index is 12.2. The Hall–Kier alpha value is -2.30. The minimum absolute atomic E-state index is 0.00129. The van der Waals surface area contributed by atoms with Crippen molar-refractivity contribution >= 4 is 22.8 Å². The highest BCUT2D eigenvalue weighted by atomic mass is 16.5. The van der Waals surface area contributed by atoms with Crippen molar-refractivity contribution in [3.05, 3.63) is 29.5 Å². The maximum atomic E-state index is 12.2. The van der Waals surface area contributed by atoms with E-state index in [4.69, 9.17) is 9.47 Å². The standard InChI is InChI=1S/C16H19NO4/c1-9(2)15-14(16(19)21-5)12-8-11(20-4)6-7-13(12)17(15)10(3)18/h6-9H,1-5H3. The Bertz CT molecular complexity index is 713. The summed E-state index contributed by atoms with van der Waals surface area (Å²) in [5, 5.41) is 0.667.